The summed E-state index contributed by atoms with van der Waals surface area (Å²) in [4.78, 5) is 4.55. The third-order valence-corrected chi connectivity index (χ3v) is 3.68. The number of hydrogen-bond donors (Lipinski definition) is 1. The van der Waals surface area contributed by atoms with E-state index >= 15 is 0 Å². The number of imidazole rings is 1. The van der Waals surface area contributed by atoms with Gasteiger partial charge in [-0.15, -0.1) is 0 Å². The lowest BCUT2D eigenvalue weighted by atomic mass is 10.1. The molecule has 1 aromatic carbocycles. The number of unbranched alkanes of at least 4 members (excludes halogenated alkanes) is 3. The Labute approximate surface area is 115 Å². The van der Waals surface area contributed by atoms with Gasteiger partial charge in [-0.05, 0) is 30.5 Å². The predicted octanol–water partition coefficient (Wildman–Crippen LogP) is 3.67. The molecule has 3 heteroatoms. The summed E-state index contributed by atoms with van der Waals surface area (Å²) in [6.45, 7) is 5.34. The standard InChI is InChI=1S/C16H24N2O/c1-3-5-6-7-10-18-15-9-8-13(4-2)11-14(15)17-16(18)12-19/h8-9,11,19H,3-7,10,12H2,1-2H3. The third kappa shape index (κ3) is 3.16. The number of benzene rings is 1. The summed E-state index contributed by atoms with van der Waals surface area (Å²) in [6, 6.07) is 6.44. The molecule has 1 aromatic heterocycles. The fourth-order valence-electron chi connectivity index (χ4n) is 2.51. The Balaban J connectivity index is 2.24. The lowest BCUT2D eigenvalue weighted by molar-refractivity contribution is 0.265. The van der Waals surface area contributed by atoms with Crippen molar-refractivity contribution in [3.63, 3.8) is 0 Å². The van der Waals surface area contributed by atoms with Crippen molar-refractivity contribution in [2.24, 2.45) is 0 Å². The van der Waals surface area contributed by atoms with E-state index in [-0.39, 0.29) is 6.61 Å². The normalized spacial score (nSPS) is 11.3. The van der Waals surface area contributed by atoms with Crippen LogP contribution >= 0.6 is 0 Å². The molecule has 0 radical (unpaired) electrons. The first kappa shape index (κ1) is 14.1. The van der Waals surface area contributed by atoms with Crippen LogP contribution in [0.15, 0.2) is 18.2 Å². The molecule has 104 valence electrons. The van der Waals surface area contributed by atoms with Crippen LogP contribution in [-0.2, 0) is 19.6 Å². The Bertz CT molecular complexity index is 531. The van der Waals surface area contributed by atoms with E-state index in [1.54, 1.807) is 0 Å². The summed E-state index contributed by atoms with van der Waals surface area (Å²) in [6.07, 6.45) is 5.95. The lowest BCUT2D eigenvalue weighted by Gasteiger charge is -2.07. The summed E-state index contributed by atoms with van der Waals surface area (Å²) in [7, 11) is 0. The molecular formula is C16H24N2O. The molecule has 0 aliphatic rings. The molecule has 0 aliphatic heterocycles. The zero-order chi connectivity index (χ0) is 13.7. The molecule has 2 rings (SSSR count). The van der Waals surface area contributed by atoms with Gasteiger partial charge in [-0.1, -0.05) is 39.2 Å². The predicted molar refractivity (Wildman–Crippen MR) is 79.2 cm³/mol. The van der Waals surface area contributed by atoms with Crippen molar-refractivity contribution in [1.82, 2.24) is 9.55 Å². The summed E-state index contributed by atoms with van der Waals surface area (Å²) in [5.41, 5.74) is 3.46. The van der Waals surface area contributed by atoms with Gasteiger partial charge < -0.3 is 9.67 Å². The van der Waals surface area contributed by atoms with E-state index in [4.69, 9.17) is 0 Å². The fourth-order valence-corrected chi connectivity index (χ4v) is 2.51. The number of nitrogens with zero attached hydrogens (tertiary/aromatic N) is 2. The molecule has 0 saturated carbocycles. The molecule has 0 unspecified atom stereocenters. The van der Waals surface area contributed by atoms with Gasteiger partial charge in [0.05, 0.1) is 11.0 Å². The average Bonchev–Trinajstić information content (AvgIpc) is 2.80. The third-order valence-electron chi connectivity index (χ3n) is 3.68. The zero-order valence-corrected chi connectivity index (χ0v) is 12.0. The number of aliphatic hydroxyl groups excluding tert-OH is 1. The summed E-state index contributed by atoms with van der Waals surface area (Å²) in [5.74, 6) is 0.791. The molecule has 19 heavy (non-hydrogen) atoms. The summed E-state index contributed by atoms with van der Waals surface area (Å²) >= 11 is 0. The van der Waals surface area contributed by atoms with E-state index in [2.05, 4.69) is 41.6 Å². The molecule has 0 spiro atoms. The minimum absolute atomic E-state index is 0.0178. The van der Waals surface area contributed by atoms with E-state index in [0.717, 1.165) is 36.2 Å². The van der Waals surface area contributed by atoms with Gasteiger partial charge in [0.1, 0.15) is 12.4 Å². The van der Waals surface area contributed by atoms with E-state index in [9.17, 15) is 5.11 Å². The first-order valence-electron chi connectivity index (χ1n) is 7.39. The van der Waals surface area contributed by atoms with Crippen LogP contribution in [0.4, 0.5) is 0 Å². The molecular weight excluding hydrogens is 236 g/mol. The van der Waals surface area contributed by atoms with E-state index in [0.29, 0.717) is 0 Å². The molecule has 0 fully saturated rings. The molecule has 0 bridgehead atoms. The van der Waals surface area contributed by atoms with Crippen LogP contribution in [0.2, 0.25) is 0 Å². The van der Waals surface area contributed by atoms with Crippen molar-refractivity contribution in [3.05, 3.63) is 29.6 Å². The van der Waals surface area contributed by atoms with Crippen molar-refractivity contribution in [2.45, 2.75) is 59.1 Å². The number of aliphatic hydroxyl groups is 1. The second kappa shape index (κ2) is 6.71. The Kier molecular flexibility index (Phi) is 4.97. The molecule has 2 aromatic rings. The van der Waals surface area contributed by atoms with Gasteiger partial charge in [-0.2, -0.15) is 0 Å². The highest BCUT2D eigenvalue weighted by Gasteiger charge is 2.09. The lowest BCUT2D eigenvalue weighted by Crippen LogP contribution is -2.04. The quantitative estimate of drug-likeness (QED) is 0.771. The smallest absolute Gasteiger partial charge is 0.135 e. The van der Waals surface area contributed by atoms with Gasteiger partial charge in [0.2, 0.25) is 0 Å². The van der Waals surface area contributed by atoms with Gasteiger partial charge in [-0.25, -0.2) is 4.98 Å². The Morgan fingerprint density at radius 1 is 1.16 bits per heavy atom. The highest BCUT2D eigenvalue weighted by molar-refractivity contribution is 5.76. The molecule has 0 aliphatic carbocycles. The first-order chi connectivity index (χ1) is 9.30. The van der Waals surface area contributed by atoms with Crippen LogP contribution in [0, 0.1) is 0 Å². The van der Waals surface area contributed by atoms with Gasteiger partial charge in [0.15, 0.2) is 0 Å². The molecule has 1 N–H and O–H groups in total. The maximum Gasteiger partial charge on any atom is 0.135 e. The van der Waals surface area contributed by atoms with E-state index in [1.165, 1.54) is 24.8 Å². The molecule has 0 amide bonds. The molecule has 0 saturated heterocycles. The number of aryl methyl sites for hydroxylation is 2. The number of hydrogen-bond acceptors (Lipinski definition) is 2. The number of fused-ring (bicyclic) bond motifs is 1. The second-order valence-electron chi connectivity index (χ2n) is 5.08. The van der Waals surface area contributed by atoms with Crippen molar-refractivity contribution in [3.8, 4) is 0 Å². The maximum atomic E-state index is 9.47. The van der Waals surface area contributed by atoms with Crippen LogP contribution in [0.1, 0.15) is 50.9 Å². The van der Waals surface area contributed by atoms with Gasteiger partial charge in [0.25, 0.3) is 0 Å². The van der Waals surface area contributed by atoms with Crippen LogP contribution in [0.3, 0.4) is 0 Å². The highest BCUT2D eigenvalue weighted by Crippen LogP contribution is 2.19. The van der Waals surface area contributed by atoms with Crippen LogP contribution < -0.4 is 0 Å². The van der Waals surface area contributed by atoms with Gasteiger partial charge >= 0.3 is 0 Å². The number of rotatable bonds is 7. The van der Waals surface area contributed by atoms with Crippen molar-refractivity contribution < 1.29 is 5.11 Å². The van der Waals surface area contributed by atoms with E-state index in [1.807, 2.05) is 0 Å². The first-order valence-corrected chi connectivity index (χ1v) is 7.39. The topological polar surface area (TPSA) is 38.0 Å². The summed E-state index contributed by atoms with van der Waals surface area (Å²) < 4.78 is 2.17. The SMILES string of the molecule is CCCCCCn1c(CO)nc2cc(CC)ccc21. The Morgan fingerprint density at radius 2 is 2.00 bits per heavy atom. The van der Waals surface area contributed by atoms with E-state index < -0.39 is 0 Å². The van der Waals surface area contributed by atoms with Crippen LogP contribution in [0.5, 0.6) is 0 Å². The van der Waals surface area contributed by atoms with Crippen molar-refractivity contribution >= 4 is 11.0 Å². The zero-order valence-electron chi connectivity index (χ0n) is 12.0. The van der Waals surface area contributed by atoms with Crippen molar-refractivity contribution in [2.75, 3.05) is 0 Å². The number of aromatic nitrogens is 2. The highest BCUT2D eigenvalue weighted by atomic mass is 16.3. The van der Waals surface area contributed by atoms with Crippen LogP contribution in [-0.4, -0.2) is 14.7 Å². The minimum Gasteiger partial charge on any atom is -0.388 e. The summed E-state index contributed by atoms with van der Waals surface area (Å²) in [5, 5.41) is 9.47. The Hall–Kier alpha value is -1.35. The molecule has 0 atom stereocenters. The average molecular weight is 260 g/mol. The fraction of sp³-hybridized carbons (Fsp3) is 0.562. The molecule has 1 heterocycles. The van der Waals surface area contributed by atoms with Gasteiger partial charge in [0, 0.05) is 6.54 Å². The van der Waals surface area contributed by atoms with Gasteiger partial charge in [-0.3, -0.25) is 0 Å². The van der Waals surface area contributed by atoms with Crippen LogP contribution in [0.25, 0.3) is 11.0 Å². The maximum absolute atomic E-state index is 9.47. The van der Waals surface area contributed by atoms with Crippen molar-refractivity contribution in [1.29, 1.82) is 0 Å². The largest absolute Gasteiger partial charge is 0.388 e. The Morgan fingerprint density at radius 3 is 2.68 bits per heavy atom. The second-order valence-corrected chi connectivity index (χ2v) is 5.08. The monoisotopic (exact) mass is 260 g/mol. The minimum atomic E-state index is 0.0178. The molecule has 3 nitrogen and oxygen atoms in total.